The molecule has 0 saturated carbocycles. The number of fused-ring (bicyclic) bond motifs is 1. The number of esters is 1. The predicted molar refractivity (Wildman–Crippen MR) is 118 cm³/mol. The van der Waals surface area contributed by atoms with E-state index >= 15 is 0 Å². The zero-order valence-electron chi connectivity index (χ0n) is 18.1. The first-order valence-electron chi connectivity index (χ1n) is 10.3. The van der Waals surface area contributed by atoms with E-state index in [0.29, 0.717) is 30.2 Å². The number of aryl methyl sites for hydroxylation is 1. The van der Waals surface area contributed by atoms with E-state index in [2.05, 4.69) is 0 Å². The number of hydrogen-bond acceptors (Lipinski definition) is 7. The van der Waals surface area contributed by atoms with E-state index in [1.54, 1.807) is 6.07 Å². The Bertz CT molecular complexity index is 1230. The van der Waals surface area contributed by atoms with Gasteiger partial charge in [-0.1, -0.05) is 18.2 Å². The summed E-state index contributed by atoms with van der Waals surface area (Å²) in [6, 6.07) is 14.4. The molecule has 0 saturated heterocycles. The maximum Gasteiger partial charge on any atom is 0.338 e. The Morgan fingerprint density at radius 2 is 1.88 bits per heavy atom. The van der Waals surface area contributed by atoms with Crippen LogP contribution in [0.25, 0.3) is 0 Å². The van der Waals surface area contributed by atoms with Gasteiger partial charge in [0.15, 0.2) is 24.2 Å². The fourth-order valence-electron chi connectivity index (χ4n) is 3.76. The Morgan fingerprint density at radius 3 is 2.64 bits per heavy atom. The topological polar surface area (TPSA) is 110 Å². The van der Waals surface area contributed by atoms with E-state index in [0.717, 1.165) is 17.5 Å². The fourth-order valence-corrected chi connectivity index (χ4v) is 3.76. The van der Waals surface area contributed by atoms with E-state index in [-0.39, 0.29) is 23.1 Å². The first-order chi connectivity index (χ1) is 15.8. The molecule has 0 bridgehead atoms. The predicted octanol–water partition coefficient (Wildman–Crippen LogP) is 3.89. The van der Waals surface area contributed by atoms with Gasteiger partial charge in [-0.05, 0) is 38.1 Å². The maximum absolute atomic E-state index is 12.7. The van der Waals surface area contributed by atoms with Gasteiger partial charge in [-0.15, -0.1) is 0 Å². The molecule has 1 aromatic heterocycles. The minimum atomic E-state index is -0.799. The third kappa shape index (κ3) is 4.72. The van der Waals surface area contributed by atoms with Crippen LogP contribution in [0.2, 0.25) is 0 Å². The number of nitrogens with zero attached hydrogens (tertiary/aromatic N) is 2. The number of rotatable bonds is 7. The molecule has 4 rings (SSSR count). The molecule has 1 aliphatic heterocycles. The number of Topliss-reactive ketones (excluding diaryl/α,β-unsaturated/α-hetero) is 1. The molecule has 1 aliphatic rings. The second kappa shape index (κ2) is 9.15. The molecule has 1 unspecified atom stereocenters. The number of ketones is 1. The number of nitro groups is 1. The van der Waals surface area contributed by atoms with Crippen LogP contribution in [-0.2, 0) is 11.3 Å². The minimum absolute atomic E-state index is 0.0113. The van der Waals surface area contributed by atoms with Crippen molar-refractivity contribution in [3.8, 4) is 11.5 Å². The van der Waals surface area contributed by atoms with Crippen LogP contribution in [0.4, 0.5) is 5.69 Å². The van der Waals surface area contributed by atoms with Crippen LogP contribution < -0.4 is 9.47 Å². The lowest BCUT2D eigenvalue weighted by Gasteiger charge is -2.27. The maximum atomic E-state index is 12.7. The quantitative estimate of drug-likeness (QED) is 0.232. The van der Waals surface area contributed by atoms with E-state index in [1.807, 2.05) is 42.7 Å². The molecule has 3 aromatic rings. The van der Waals surface area contributed by atoms with E-state index in [9.17, 15) is 19.7 Å². The number of hydrogen-bond donors (Lipinski definition) is 0. The monoisotopic (exact) mass is 450 g/mol. The zero-order valence-corrected chi connectivity index (χ0v) is 18.1. The summed E-state index contributed by atoms with van der Waals surface area (Å²) in [7, 11) is 0. The molecular weight excluding hydrogens is 428 g/mol. The summed E-state index contributed by atoms with van der Waals surface area (Å²) in [6.07, 6.45) is -0.223. The molecule has 170 valence electrons. The summed E-state index contributed by atoms with van der Waals surface area (Å²) < 4.78 is 18.9. The fraction of sp³-hybridized carbons (Fsp3) is 0.250. The van der Waals surface area contributed by atoms with Gasteiger partial charge >= 0.3 is 5.97 Å². The molecule has 0 N–H and O–H groups in total. The number of carbonyl (C=O) groups is 2. The van der Waals surface area contributed by atoms with Crippen LogP contribution in [0.3, 0.4) is 0 Å². The lowest BCUT2D eigenvalue weighted by Crippen LogP contribution is -2.33. The molecular formula is C24H22N2O7. The third-order valence-electron chi connectivity index (χ3n) is 5.45. The van der Waals surface area contributed by atoms with Crippen LogP contribution in [0.1, 0.15) is 32.1 Å². The van der Waals surface area contributed by atoms with Crippen LogP contribution in [-0.4, -0.2) is 40.6 Å². The van der Waals surface area contributed by atoms with E-state index in [1.165, 1.54) is 18.2 Å². The van der Waals surface area contributed by atoms with Crippen LogP contribution >= 0.6 is 0 Å². The van der Waals surface area contributed by atoms with Gasteiger partial charge in [-0.25, -0.2) is 4.79 Å². The Balaban J connectivity index is 1.41. The molecule has 0 aliphatic carbocycles. The normalized spacial score (nSPS) is 14.5. The lowest BCUT2D eigenvalue weighted by molar-refractivity contribution is -0.384. The van der Waals surface area contributed by atoms with Gasteiger partial charge in [-0.2, -0.15) is 0 Å². The van der Waals surface area contributed by atoms with Crippen molar-refractivity contribution in [1.82, 2.24) is 4.57 Å². The van der Waals surface area contributed by atoms with Crippen molar-refractivity contribution >= 4 is 17.4 Å². The molecule has 0 spiro atoms. The molecule has 1 atom stereocenters. The molecule has 9 nitrogen and oxygen atoms in total. The number of nitro benzene ring substituents is 1. The van der Waals surface area contributed by atoms with Crippen LogP contribution in [0.15, 0.2) is 54.6 Å². The van der Waals surface area contributed by atoms with Crippen molar-refractivity contribution in [2.75, 3.05) is 13.2 Å². The highest BCUT2D eigenvalue weighted by Gasteiger charge is 2.24. The van der Waals surface area contributed by atoms with E-state index in [4.69, 9.17) is 14.2 Å². The first-order valence-corrected chi connectivity index (χ1v) is 10.3. The number of ether oxygens (including phenoxy) is 3. The highest BCUT2D eigenvalue weighted by molar-refractivity contribution is 6.00. The number of aromatic nitrogens is 1. The second-order valence-electron chi connectivity index (χ2n) is 7.70. The average Bonchev–Trinajstić information content (AvgIpc) is 3.10. The molecule has 2 heterocycles. The standard InChI is InChI=1S/C24H22N2O7/c1-15-10-20(21(27)14-32-24(28)17-6-5-7-18(11-17)26(29)30)16(2)25(15)12-19-13-31-22-8-3-4-9-23(22)33-19/h3-11,19H,12-14H2,1-2H3. The third-order valence-corrected chi connectivity index (χ3v) is 5.45. The summed E-state index contributed by atoms with van der Waals surface area (Å²) in [5.41, 5.74) is 1.82. The second-order valence-corrected chi connectivity index (χ2v) is 7.70. The summed E-state index contributed by atoms with van der Waals surface area (Å²) in [6.45, 7) is 4.12. The van der Waals surface area contributed by atoms with Gasteiger partial charge in [-0.3, -0.25) is 14.9 Å². The number of benzene rings is 2. The molecule has 0 amide bonds. The van der Waals surface area contributed by atoms with Gasteiger partial charge in [0.05, 0.1) is 17.0 Å². The molecule has 0 radical (unpaired) electrons. The number of para-hydroxylation sites is 2. The van der Waals surface area contributed by atoms with Crippen molar-refractivity contribution in [1.29, 1.82) is 0 Å². The number of carbonyl (C=O) groups excluding carboxylic acids is 2. The Kier molecular flexibility index (Phi) is 6.12. The smallest absolute Gasteiger partial charge is 0.338 e. The number of non-ortho nitro benzene ring substituents is 1. The Labute approximate surface area is 189 Å². The van der Waals surface area contributed by atoms with E-state index < -0.39 is 17.5 Å². The molecule has 2 aromatic carbocycles. The van der Waals surface area contributed by atoms with Crippen molar-refractivity contribution in [2.45, 2.75) is 26.5 Å². The summed E-state index contributed by atoms with van der Waals surface area (Å²) in [5.74, 6) is 0.225. The minimum Gasteiger partial charge on any atom is -0.486 e. The highest BCUT2D eigenvalue weighted by atomic mass is 16.6. The van der Waals surface area contributed by atoms with Crippen molar-refractivity contribution in [3.63, 3.8) is 0 Å². The summed E-state index contributed by atoms with van der Waals surface area (Å²) in [5, 5.41) is 10.9. The first kappa shape index (κ1) is 22.1. The average molecular weight is 450 g/mol. The van der Waals surface area contributed by atoms with Crippen molar-refractivity contribution < 1.29 is 28.7 Å². The molecule has 0 fully saturated rings. The van der Waals surface area contributed by atoms with Gasteiger partial charge in [0, 0.05) is 29.1 Å². The van der Waals surface area contributed by atoms with Gasteiger partial charge in [0.2, 0.25) is 5.78 Å². The lowest BCUT2D eigenvalue weighted by atomic mass is 10.1. The van der Waals surface area contributed by atoms with Crippen molar-refractivity contribution in [2.24, 2.45) is 0 Å². The largest absolute Gasteiger partial charge is 0.486 e. The van der Waals surface area contributed by atoms with Gasteiger partial charge in [0.1, 0.15) is 6.61 Å². The SMILES string of the molecule is Cc1cc(C(=O)COC(=O)c2cccc([N+](=O)[O-])c2)c(C)n1CC1COc2ccccc2O1. The molecule has 9 heteroatoms. The van der Waals surface area contributed by atoms with Crippen LogP contribution in [0, 0.1) is 24.0 Å². The van der Waals surface area contributed by atoms with Gasteiger partial charge in [0.25, 0.3) is 5.69 Å². The zero-order chi connectivity index (χ0) is 23.5. The summed E-state index contributed by atoms with van der Waals surface area (Å²) in [4.78, 5) is 35.3. The van der Waals surface area contributed by atoms with Crippen LogP contribution in [0.5, 0.6) is 11.5 Å². The Morgan fingerprint density at radius 1 is 1.12 bits per heavy atom. The van der Waals surface area contributed by atoms with Gasteiger partial charge < -0.3 is 18.8 Å². The Hall–Kier alpha value is -4.14. The highest BCUT2D eigenvalue weighted by Crippen LogP contribution is 2.31. The van der Waals surface area contributed by atoms with Crippen molar-refractivity contribution in [3.05, 3.63) is 87.2 Å². The summed E-state index contributed by atoms with van der Waals surface area (Å²) >= 11 is 0. The molecule has 33 heavy (non-hydrogen) atoms.